The first kappa shape index (κ1) is 16.8. The molecule has 1 spiro atoms. The fourth-order valence-corrected chi connectivity index (χ4v) is 6.69. The van der Waals surface area contributed by atoms with Crippen molar-refractivity contribution in [2.24, 2.45) is 11.3 Å². The maximum Gasteiger partial charge on any atom is 0.282 e. The van der Waals surface area contributed by atoms with Crippen LogP contribution in [0.3, 0.4) is 0 Å². The van der Waals surface area contributed by atoms with Crippen LogP contribution in [0.25, 0.3) is 0 Å². The molecule has 0 aromatic carbocycles. The lowest BCUT2D eigenvalue weighted by Crippen LogP contribution is -2.44. The Hall–Kier alpha value is -0.660. The van der Waals surface area contributed by atoms with E-state index < -0.39 is 10.2 Å². The van der Waals surface area contributed by atoms with Crippen LogP contribution in [-0.2, 0) is 15.0 Å². The van der Waals surface area contributed by atoms with E-state index in [4.69, 9.17) is 0 Å². The minimum absolute atomic E-state index is 0.224. The molecule has 4 rings (SSSR count). The molecular weight excluding hydrogens is 326 g/mol. The van der Waals surface area contributed by atoms with Crippen molar-refractivity contribution < 1.29 is 13.2 Å². The normalized spacial score (nSPS) is 31.5. The van der Waals surface area contributed by atoms with Crippen LogP contribution in [0.2, 0.25) is 0 Å². The summed E-state index contributed by atoms with van der Waals surface area (Å²) in [5, 5.41) is 0. The van der Waals surface area contributed by atoms with E-state index in [1.807, 2.05) is 4.90 Å². The summed E-state index contributed by atoms with van der Waals surface area (Å²) in [4.78, 5) is 14.8. The average molecular weight is 356 g/mol. The molecule has 6 nitrogen and oxygen atoms in total. The van der Waals surface area contributed by atoms with Gasteiger partial charge in [-0.1, -0.05) is 12.8 Å². The fourth-order valence-electron chi connectivity index (χ4n) is 4.98. The molecule has 136 valence electrons. The summed E-state index contributed by atoms with van der Waals surface area (Å²) in [7, 11) is -3.33. The Bertz CT molecular complexity index is 594. The fraction of sp³-hybridized carbons (Fsp3) is 0.941. The monoisotopic (exact) mass is 355 g/mol. The molecule has 1 atom stereocenters. The van der Waals surface area contributed by atoms with Gasteiger partial charge in [0.1, 0.15) is 0 Å². The summed E-state index contributed by atoms with van der Waals surface area (Å²) in [5.74, 6) is 0.513. The molecule has 1 unspecified atom stereocenters. The molecular formula is C17H29N3O3S. The second-order valence-electron chi connectivity index (χ2n) is 8.02. The number of carbonyl (C=O) groups is 1. The van der Waals surface area contributed by atoms with Crippen molar-refractivity contribution in [3.63, 3.8) is 0 Å². The van der Waals surface area contributed by atoms with E-state index in [1.165, 1.54) is 25.7 Å². The van der Waals surface area contributed by atoms with E-state index in [2.05, 4.69) is 0 Å². The van der Waals surface area contributed by atoms with E-state index in [-0.39, 0.29) is 11.8 Å². The van der Waals surface area contributed by atoms with Crippen LogP contribution in [-0.4, -0.2) is 67.1 Å². The second-order valence-corrected chi connectivity index (χ2v) is 9.95. The third-order valence-corrected chi connectivity index (χ3v) is 8.61. The van der Waals surface area contributed by atoms with Crippen LogP contribution in [0.1, 0.15) is 51.4 Å². The molecule has 0 bridgehead atoms. The molecule has 2 aliphatic carbocycles. The zero-order chi connectivity index (χ0) is 16.8. The lowest BCUT2D eigenvalue weighted by atomic mass is 10.0. The molecule has 0 N–H and O–H groups in total. The number of rotatable bonds is 3. The van der Waals surface area contributed by atoms with Crippen molar-refractivity contribution >= 4 is 16.1 Å². The van der Waals surface area contributed by atoms with Gasteiger partial charge in [0.25, 0.3) is 10.2 Å². The van der Waals surface area contributed by atoms with Gasteiger partial charge >= 0.3 is 0 Å². The molecule has 2 saturated carbocycles. The molecule has 0 radical (unpaired) electrons. The van der Waals surface area contributed by atoms with Crippen LogP contribution >= 0.6 is 0 Å². The Balaban J connectivity index is 1.37. The van der Waals surface area contributed by atoms with E-state index >= 15 is 0 Å². The molecule has 2 aliphatic heterocycles. The first-order valence-electron chi connectivity index (χ1n) is 9.57. The smallest absolute Gasteiger partial charge is 0.282 e. The highest BCUT2D eigenvalue weighted by atomic mass is 32.2. The SMILES string of the molecule is O=C(C1CC12CCCC2)N1CCCN(S(=O)(=O)N2CCCC2)CC1. The number of nitrogens with zero attached hydrogens (tertiary/aromatic N) is 3. The van der Waals surface area contributed by atoms with Crippen LogP contribution in [0.15, 0.2) is 0 Å². The quantitative estimate of drug-likeness (QED) is 0.770. The van der Waals surface area contributed by atoms with Gasteiger partial charge in [0, 0.05) is 45.2 Å². The molecule has 2 heterocycles. The van der Waals surface area contributed by atoms with E-state index in [1.54, 1.807) is 8.61 Å². The average Bonchev–Trinajstić information content (AvgIpc) is 2.86. The summed E-state index contributed by atoms with van der Waals surface area (Å²) in [6.45, 7) is 3.54. The van der Waals surface area contributed by atoms with Crippen molar-refractivity contribution in [2.75, 3.05) is 39.3 Å². The molecule has 0 aromatic rings. The molecule has 2 saturated heterocycles. The van der Waals surface area contributed by atoms with Crippen LogP contribution in [0.5, 0.6) is 0 Å². The maximum absolute atomic E-state index is 12.8. The molecule has 1 amide bonds. The Morgan fingerprint density at radius 3 is 2.12 bits per heavy atom. The molecule has 4 aliphatic rings. The van der Waals surface area contributed by atoms with Crippen molar-refractivity contribution in [3.05, 3.63) is 0 Å². The van der Waals surface area contributed by atoms with Crippen molar-refractivity contribution in [2.45, 2.75) is 51.4 Å². The van der Waals surface area contributed by atoms with Crippen molar-refractivity contribution in [3.8, 4) is 0 Å². The number of carbonyl (C=O) groups excluding carboxylic acids is 1. The van der Waals surface area contributed by atoms with E-state index in [9.17, 15) is 13.2 Å². The van der Waals surface area contributed by atoms with Gasteiger partial charge in [-0.3, -0.25) is 4.79 Å². The van der Waals surface area contributed by atoms with Gasteiger partial charge < -0.3 is 4.90 Å². The zero-order valence-electron chi connectivity index (χ0n) is 14.5. The predicted octanol–water partition coefficient (Wildman–Crippen LogP) is 1.44. The van der Waals surface area contributed by atoms with Gasteiger partial charge in [0.15, 0.2) is 0 Å². The summed E-state index contributed by atoms with van der Waals surface area (Å²) in [5.41, 5.74) is 0.324. The summed E-state index contributed by atoms with van der Waals surface area (Å²) >= 11 is 0. The zero-order valence-corrected chi connectivity index (χ0v) is 15.3. The lowest BCUT2D eigenvalue weighted by Gasteiger charge is -2.26. The largest absolute Gasteiger partial charge is 0.341 e. The lowest BCUT2D eigenvalue weighted by molar-refractivity contribution is -0.133. The van der Waals surface area contributed by atoms with Gasteiger partial charge in [-0.05, 0) is 43.9 Å². The Kier molecular flexibility index (Phi) is 4.37. The van der Waals surface area contributed by atoms with Crippen LogP contribution < -0.4 is 0 Å². The summed E-state index contributed by atoms with van der Waals surface area (Å²) < 4.78 is 28.6. The number of hydrogen-bond acceptors (Lipinski definition) is 3. The third-order valence-electron chi connectivity index (χ3n) is 6.57. The topological polar surface area (TPSA) is 60.9 Å². The Morgan fingerprint density at radius 1 is 0.792 bits per heavy atom. The van der Waals surface area contributed by atoms with Crippen LogP contribution in [0.4, 0.5) is 0 Å². The second kappa shape index (κ2) is 6.25. The van der Waals surface area contributed by atoms with Crippen molar-refractivity contribution in [1.82, 2.24) is 13.5 Å². The standard InChI is InChI=1S/C17H29N3O3S/c21-16(15-14-17(15)6-1-2-7-17)18-8-5-11-20(13-12-18)24(22,23)19-9-3-4-10-19/h15H,1-14H2. The molecule has 0 aromatic heterocycles. The minimum atomic E-state index is -3.33. The highest BCUT2D eigenvalue weighted by molar-refractivity contribution is 7.86. The minimum Gasteiger partial charge on any atom is -0.341 e. The van der Waals surface area contributed by atoms with Gasteiger partial charge in [0.2, 0.25) is 5.91 Å². The van der Waals surface area contributed by atoms with Gasteiger partial charge in [0.05, 0.1) is 0 Å². The number of amides is 1. The van der Waals surface area contributed by atoms with Gasteiger partial charge in [-0.2, -0.15) is 17.0 Å². The van der Waals surface area contributed by atoms with Gasteiger partial charge in [-0.15, -0.1) is 0 Å². The van der Waals surface area contributed by atoms with Crippen molar-refractivity contribution in [1.29, 1.82) is 0 Å². The Labute approximate surface area is 145 Å². The maximum atomic E-state index is 12.8. The first-order chi connectivity index (χ1) is 11.5. The first-order valence-corrected chi connectivity index (χ1v) is 11.0. The summed E-state index contributed by atoms with van der Waals surface area (Å²) in [6, 6.07) is 0. The number of hydrogen-bond donors (Lipinski definition) is 0. The predicted molar refractivity (Wildman–Crippen MR) is 91.5 cm³/mol. The van der Waals surface area contributed by atoms with Gasteiger partial charge in [-0.25, -0.2) is 0 Å². The highest BCUT2D eigenvalue weighted by Crippen LogP contribution is 2.63. The summed E-state index contributed by atoms with van der Waals surface area (Å²) in [6.07, 6.45) is 8.70. The molecule has 7 heteroatoms. The molecule has 24 heavy (non-hydrogen) atoms. The highest BCUT2D eigenvalue weighted by Gasteiger charge is 2.59. The molecule has 4 fully saturated rings. The van der Waals surface area contributed by atoms with Crippen LogP contribution in [0, 0.1) is 11.3 Å². The van der Waals surface area contributed by atoms with E-state index in [0.29, 0.717) is 44.7 Å². The van der Waals surface area contributed by atoms with E-state index in [0.717, 1.165) is 25.7 Å². The Morgan fingerprint density at radius 2 is 1.42 bits per heavy atom. The third kappa shape index (κ3) is 2.88.